The van der Waals surface area contributed by atoms with Gasteiger partial charge in [0.2, 0.25) is 5.91 Å². The van der Waals surface area contributed by atoms with Crippen LogP contribution in [0, 0.1) is 0 Å². The molecule has 1 aliphatic heterocycles. The molecule has 0 aromatic heterocycles. The number of hydrogen-bond donors (Lipinski definition) is 0. The lowest BCUT2D eigenvalue weighted by molar-refractivity contribution is -0.943. The number of likely N-dealkylation sites (tertiary alicyclic amines) is 1. The van der Waals surface area contributed by atoms with Gasteiger partial charge in [-0.15, -0.1) is 0 Å². The van der Waals surface area contributed by atoms with E-state index in [1.165, 1.54) is 19.4 Å². The van der Waals surface area contributed by atoms with Gasteiger partial charge >= 0.3 is 0 Å². The molecule has 0 aliphatic carbocycles. The van der Waals surface area contributed by atoms with Crippen LogP contribution in [-0.4, -0.2) is 55.1 Å². The molecule has 3 rings (SSSR count). The minimum atomic E-state index is -0.661. The maximum atomic E-state index is 13.8. The summed E-state index contributed by atoms with van der Waals surface area (Å²) in [5.41, 5.74) is 1.76. The van der Waals surface area contributed by atoms with Crippen molar-refractivity contribution >= 4 is 5.91 Å². The third-order valence-corrected chi connectivity index (χ3v) is 7.19. The smallest absolute Gasteiger partial charge is 0.237 e. The van der Waals surface area contributed by atoms with Crippen LogP contribution in [0.4, 0.5) is 0 Å². The second kappa shape index (κ2) is 9.01. The van der Waals surface area contributed by atoms with Gasteiger partial charge in [0.05, 0.1) is 25.7 Å². The summed E-state index contributed by atoms with van der Waals surface area (Å²) < 4.78 is 1.02. The van der Waals surface area contributed by atoms with Crippen LogP contribution in [0.2, 0.25) is 0 Å². The number of benzene rings is 2. The fourth-order valence-corrected chi connectivity index (χ4v) is 4.90. The van der Waals surface area contributed by atoms with E-state index in [9.17, 15) is 4.79 Å². The number of likely N-dealkylation sites (N-methyl/N-ethyl adjacent to an activating group) is 1. The molecule has 3 nitrogen and oxygen atoms in total. The van der Waals surface area contributed by atoms with Crippen LogP contribution < -0.4 is 17.0 Å². The van der Waals surface area contributed by atoms with E-state index in [4.69, 9.17) is 0 Å². The molecule has 0 bridgehead atoms. The molecule has 1 aliphatic rings. The van der Waals surface area contributed by atoms with Crippen LogP contribution >= 0.6 is 0 Å². The average molecular weight is 459 g/mol. The van der Waals surface area contributed by atoms with Crippen molar-refractivity contribution < 1.29 is 26.3 Å². The topological polar surface area (TPSA) is 20.3 Å². The van der Waals surface area contributed by atoms with Crippen molar-refractivity contribution in [1.82, 2.24) is 4.90 Å². The van der Waals surface area contributed by atoms with E-state index in [1.807, 2.05) is 50.5 Å². The molecule has 1 saturated heterocycles. The first-order chi connectivity index (χ1) is 13.2. The molecule has 4 heteroatoms. The van der Waals surface area contributed by atoms with Crippen molar-refractivity contribution in [2.24, 2.45) is 0 Å². The molecular weight excluding hydrogens is 424 g/mol. The first-order valence-electron chi connectivity index (χ1n) is 10.4. The minimum absolute atomic E-state index is 0. The van der Waals surface area contributed by atoms with Crippen molar-refractivity contribution in [1.29, 1.82) is 0 Å². The Labute approximate surface area is 187 Å². The van der Waals surface area contributed by atoms with Crippen molar-refractivity contribution in [2.75, 3.05) is 34.2 Å². The number of halogens is 1. The molecule has 1 heterocycles. The Morgan fingerprint density at radius 2 is 1.48 bits per heavy atom. The van der Waals surface area contributed by atoms with Crippen LogP contribution in [0.25, 0.3) is 0 Å². The van der Waals surface area contributed by atoms with Gasteiger partial charge in [-0.25, -0.2) is 0 Å². The largest absolute Gasteiger partial charge is 1.00 e. The summed E-state index contributed by atoms with van der Waals surface area (Å²) in [6, 6.07) is 20.7. The Bertz CT molecular complexity index is 765. The van der Waals surface area contributed by atoms with Gasteiger partial charge in [-0.2, -0.15) is 0 Å². The maximum absolute atomic E-state index is 13.8. The highest BCUT2D eigenvalue weighted by atomic mass is 79.9. The lowest BCUT2D eigenvalue weighted by atomic mass is 9.70. The number of carbonyl (C=O) groups is 1. The second-order valence-corrected chi connectivity index (χ2v) is 9.35. The van der Waals surface area contributed by atoms with Gasteiger partial charge in [0, 0.05) is 33.4 Å². The Morgan fingerprint density at radius 3 is 1.86 bits per heavy atom. The Kier molecular flexibility index (Phi) is 7.34. The van der Waals surface area contributed by atoms with E-state index in [0.717, 1.165) is 28.6 Å². The maximum Gasteiger partial charge on any atom is 0.237 e. The molecule has 29 heavy (non-hydrogen) atoms. The van der Waals surface area contributed by atoms with Gasteiger partial charge in [-0.1, -0.05) is 60.7 Å². The van der Waals surface area contributed by atoms with E-state index in [0.29, 0.717) is 0 Å². The summed E-state index contributed by atoms with van der Waals surface area (Å²) in [6.07, 6.45) is 3.31. The lowest BCUT2D eigenvalue weighted by Gasteiger charge is -2.45. The van der Waals surface area contributed by atoms with Gasteiger partial charge in [0.1, 0.15) is 5.41 Å². The third-order valence-electron chi connectivity index (χ3n) is 7.19. The molecule has 0 N–H and O–H groups in total. The van der Waals surface area contributed by atoms with E-state index < -0.39 is 5.41 Å². The molecular formula is C25H35BrN2O. The van der Waals surface area contributed by atoms with Gasteiger partial charge in [0.15, 0.2) is 0 Å². The number of nitrogens with zero attached hydrogens (tertiary/aromatic N) is 2. The minimum Gasteiger partial charge on any atom is -1.00 e. The molecule has 0 saturated carbocycles. The number of carbonyl (C=O) groups excluding carboxylic acids is 1. The standard InChI is InChI=1S/C25H35N2O.BrH/c1-24(2)17-12-19-27(24,5)20-18-25(23(28)26(3)4,21-13-8-6-9-14-21)22-15-10-7-11-16-22;/h6-11,13-16H,12,17-20H2,1-5H3;1H/q+1;/p-1. The van der Waals surface area contributed by atoms with E-state index in [2.05, 4.69) is 45.2 Å². The summed E-state index contributed by atoms with van der Waals surface area (Å²) in [6.45, 7) is 6.92. The zero-order valence-corrected chi connectivity index (χ0v) is 20.1. The Hall–Kier alpha value is -1.65. The van der Waals surface area contributed by atoms with Gasteiger partial charge in [0.25, 0.3) is 0 Å². The first kappa shape index (κ1) is 23.6. The SMILES string of the molecule is CN(C)C(=O)C(CC[N+]1(C)CCCC1(C)C)(c1ccccc1)c1ccccc1.[Br-]. The van der Waals surface area contributed by atoms with Crippen LogP contribution in [0.3, 0.4) is 0 Å². The fraction of sp³-hybridized carbons (Fsp3) is 0.480. The van der Waals surface area contributed by atoms with Crippen molar-refractivity contribution in [2.45, 2.75) is 44.1 Å². The number of hydrogen-bond acceptors (Lipinski definition) is 1. The van der Waals surface area contributed by atoms with Crippen molar-refractivity contribution in [3.63, 3.8) is 0 Å². The Balaban J connectivity index is 0.00000300. The predicted molar refractivity (Wildman–Crippen MR) is 116 cm³/mol. The number of quaternary nitrogens is 1. The van der Waals surface area contributed by atoms with Gasteiger partial charge in [-0.05, 0) is 25.0 Å². The van der Waals surface area contributed by atoms with E-state index in [-0.39, 0.29) is 28.4 Å². The zero-order chi connectivity index (χ0) is 20.4. The zero-order valence-electron chi connectivity index (χ0n) is 18.5. The van der Waals surface area contributed by atoms with Crippen molar-refractivity contribution in [3.8, 4) is 0 Å². The third kappa shape index (κ3) is 4.29. The first-order valence-corrected chi connectivity index (χ1v) is 10.4. The highest BCUT2D eigenvalue weighted by Gasteiger charge is 2.49. The molecule has 0 radical (unpaired) electrons. The molecule has 2 aromatic carbocycles. The molecule has 2 aromatic rings. The molecule has 158 valence electrons. The number of rotatable bonds is 6. The molecule has 1 fully saturated rings. The highest BCUT2D eigenvalue weighted by molar-refractivity contribution is 5.91. The summed E-state index contributed by atoms with van der Waals surface area (Å²) >= 11 is 0. The van der Waals surface area contributed by atoms with E-state index >= 15 is 0 Å². The quantitative estimate of drug-likeness (QED) is 0.600. The van der Waals surface area contributed by atoms with Gasteiger partial charge < -0.3 is 26.4 Å². The summed E-state index contributed by atoms with van der Waals surface area (Å²) in [4.78, 5) is 15.5. The lowest BCUT2D eigenvalue weighted by Crippen LogP contribution is -3.00. The highest BCUT2D eigenvalue weighted by Crippen LogP contribution is 2.41. The van der Waals surface area contributed by atoms with E-state index in [1.54, 1.807) is 4.90 Å². The average Bonchev–Trinajstić information content (AvgIpc) is 2.96. The second-order valence-electron chi connectivity index (χ2n) is 9.35. The summed E-state index contributed by atoms with van der Waals surface area (Å²) in [5, 5.41) is 0. The normalized spacial score (nSPS) is 20.7. The number of amides is 1. The monoisotopic (exact) mass is 458 g/mol. The van der Waals surface area contributed by atoms with Crippen LogP contribution in [0.15, 0.2) is 60.7 Å². The van der Waals surface area contributed by atoms with Crippen LogP contribution in [0.1, 0.15) is 44.2 Å². The molecule has 0 spiro atoms. The predicted octanol–water partition coefficient (Wildman–Crippen LogP) is 1.47. The van der Waals surface area contributed by atoms with Crippen LogP contribution in [-0.2, 0) is 10.2 Å². The molecule has 1 unspecified atom stereocenters. The molecule has 1 amide bonds. The van der Waals surface area contributed by atoms with Crippen LogP contribution in [0.5, 0.6) is 0 Å². The summed E-state index contributed by atoms with van der Waals surface area (Å²) in [7, 11) is 6.12. The Morgan fingerprint density at radius 1 is 1.00 bits per heavy atom. The molecule has 1 atom stereocenters. The van der Waals surface area contributed by atoms with Gasteiger partial charge in [-0.3, -0.25) is 4.79 Å². The van der Waals surface area contributed by atoms with Crippen molar-refractivity contribution in [3.05, 3.63) is 71.8 Å². The summed E-state index contributed by atoms with van der Waals surface area (Å²) in [5.74, 6) is 0.161. The fourth-order valence-electron chi connectivity index (χ4n) is 4.90.